The van der Waals surface area contributed by atoms with Crippen LogP contribution in [0.3, 0.4) is 0 Å². The van der Waals surface area contributed by atoms with Gasteiger partial charge in [0.25, 0.3) is 0 Å². The summed E-state index contributed by atoms with van der Waals surface area (Å²) in [7, 11) is 0. The summed E-state index contributed by atoms with van der Waals surface area (Å²) >= 11 is 1.53. The number of benzene rings is 2. The fourth-order valence-corrected chi connectivity index (χ4v) is 2.69. The van der Waals surface area contributed by atoms with Gasteiger partial charge < -0.3 is 9.84 Å². The number of rotatable bonds is 4. The zero-order chi connectivity index (χ0) is 14.7. The number of fused-ring (bicyclic) bond motifs is 1. The standard InChI is InChI=1S/C16H14N2O2S/c1-2-20-13-7-8-15-14(9-13)18-16(21-15)17-10-11-3-5-12(19)6-4-11/h3-10,19H,2H2,1H3/b17-10+. The number of aromatic nitrogens is 1. The number of nitrogens with zero attached hydrogens (tertiary/aromatic N) is 2. The van der Waals surface area contributed by atoms with Crippen molar-refractivity contribution in [2.24, 2.45) is 4.99 Å². The van der Waals surface area contributed by atoms with Crippen LogP contribution in [0.2, 0.25) is 0 Å². The summed E-state index contributed by atoms with van der Waals surface area (Å²) in [6.45, 7) is 2.60. The quantitative estimate of drug-likeness (QED) is 0.736. The molecule has 3 rings (SSSR count). The lowest BCUT2D eigenvalue weighted by Crippen LogP contribution is -1.90. The van der Waals surface area contributed by atoms with Crippen LogP contribution in [0.15, 0.2) is 47.5 Å². The van der Waals surface area contributed by atoms with E-state index in [2.05, 4.69) is 9.98 Å². The van der Waals surface area contributed by atoms with E-state index in [1.165, 1.54) is 11.3 Å². The zero-order valence-corrected chi connectivity index (χ0v) is 12.3. The lowest BCUT2D eigenvalue weighted by atomic mass is 10.2. The minimum absolute atomic E-state index is 0.246. The maximum Gasteiger partial charge on any atom is 0.210 e. The van der Waals surface area contributed by atoms with E-state index in [4.69, 9.17) is 4.74 Å². The molecule has 3 aromatic rings. The highest BCUT2D eigenvalue weighted by molar-refractivity contribution is 7.22. The minimum atomic E-state index is 0.246. The third-order valence-corrected chi connectivity index (χ3v) is 3.82. The van der Waals surface area contributed by atoms with Crippen molar-refractivity contribution in [3.8, 4) is 11.5 Å². The Labute approximate surface area is 126 Å². The monoisotopic (exact) mass is 298 g/mol. The minimum Gasteiger partial charge on any atom is -0.508 e. The molecule has 0 aliphatic rings. The first-order chi connectivity index (χ1) is 10.2. The predicted octanol–water partition coefficient (Wildman–Crippen LogP) is 4.15. The van der Waals surface area contributed by atoms with Crippen molar-refractivity contribution >= 4 is 32.9 Å². The third kappa shape index (κ3) is 3.20. The molecule has 0 fully saturated rings. The molecule has 0 saturated heterocycles. The molecule has 0 spiro atoms. The Bertz CT molecular complexity index is 779. The van der Waals surface area contributed by atoms with Crippen molar-refractivity contribution in [2.45, 2.75) is 6.92 Å². The van der Waals surface area contributed by atoms with Crippen molar-refractivity contribution in [1.82, 2.24) is 4.98 Å². The zero-order valence-electron chi connectivity index (χ0n) is 11.5. The number of aliphatic imine (C=N–C) groups is 1. The Hall–Kier alpha value is -2.40. The van der Waals surface area contributed by atoms with Gasteiger partial charge in [-0.15, -0.1) is 0 Å². The molecule has 0 bridgehead atoms. The van der Waals surface area contributed by atoms with Crippen LogP contribution in [-0.2, 0) is 0 Å². The molecule has 1 heterocycles. The van der Waals surface area contributed by atoms with Crippen LogP contribution in [0.25, 0.3) is 10.2 Å². The molecule has 1 N–H and O–H groups in total. The first kappa shape index (κ1) is 13.6. The molecule has 5 heteroatoms. The van der Waals surface area contributed by atoms with E-state index >= 15 is 0 Å². The van der Waals surface area contributed by atoms with Crippen LogP contribution in [-0.4, -0.2) is 22.9 Å². The normalized spacial score (nSPS) is 11.3. The van der Waals surface area contributed by atoms with E-state index in [9.17, 15) is 5.11 Å². The van der Waals surface area contributed by atoms with Gasteiger partial charge >= 0.3 is 0 Å². The average molecular weight is 298 g/mol. The van der Waals surface area contributed by atoms with Crippen molar-refractivity contribution < 1.29 is 9.84 Å². The maximum absolute atomic E-state index is 9.24. The van der Waals surface area contributed by atoms with Crippen molar-refractivity contribution in [1.29, 1.82) is 0 Å². The smallest absolute Gasteiger partial charge is 0.210 e. The number of thiazole rings is 1. The Morgan fingerprint density at radius 2 is 2.05 bits per heavy atom. The molecule has 21 heavy (non-hydrogen) atoms. The number of phenols is 1. The van der Waals surface area contributed by atoms with Crippen LogP contribution < -0.4 is 4.74 Å². The van der Waals surface area contributed by atoms with Gasteiger partial charge in [0, 0.05) is 12.3 Å². The fourth-order valence-electron chi connectivity index (χ4n) is 1.90. The van der Waals surface area contributed by atoms with E-state index in [1.807, 2.05) is 25.1 Å². The molecule has 1 aromatic heterocycles. The number of hydrogen-bond acceptors (Lipinski definition) is 5. The highest BCUT2D eigenvalue weighted by atomic mass is 32.1. The molecule has 0 atom stereocenters. The SMILES string of the molecule is CCOc1ccc2sc(/N=C/c3ccc(O)cc3)nc2c1. The van der Waals surface area contributed by atoms with Crippen molar-refractivity contribution in [2.75, 3.05) is 6.61 Å². The summed E-state index contributed by atoms with van der Waals surface area (Å²) in [5.41, 5.74) is 1.81. The highest BCUT2D eigenvalue weighted by Gasteiger charge is 2.04. The number of ether oxygens (including phenoxy) is 1. The van der Waals surface area contributed by atoms with E-state index < -0.39 is 0 Å². The van der Waals surface area contributed by atoms with Gasteiger partial charge in [0.05, 0.1) is 16.8 Å². The van der Waals surface area contributed by atoms with Crippen molar-refractivity contribution in [3.05, 3.63) is 48.0 Å². The van der Waals surface area contributed by atoms with Crippen LogP contribution in [0, 0.1) is 0 Å². The molecule has 0 aliphatic heterocycles. The Kier molecular flexibility index (Phi) is 3.83. The van der Waals surface area contributed by atoms with Gasteiger partial charge in [-0.2, -0.15) is 0 Å². The Balaban J connectivity index is 1.85. The molecule has 0 radical (unpaired) electrons. The average Bonchev–Trinajstić information content (AvgIpc) is 2.89. The van der Waals surface area contributed by atoms with Gasteiger partial charge in [-0.3, -0.25) is 0 Å². The van der Waals surface area contributed by atoms with Crippen LogP contribution in [0.1, 0.15) is 12.5 Å². The number of hydrogen-bond donors (Lipinski definition) is 1. The van der Waals surface area contributed by atoms with E-state index in [0.717, 1.165) is 21.5 Å². The van der Waals surface area contributed by atoms with E-state index in [-0.39, 0.29) is 5.75 Å². The summed E-state index contributed by atoms with van der Waals surface area (Å²) in [6.07, 6.45) is 1.74. The predicted molar refractivity (Wildman–Crippen MR) is 86.1 cm³/mol. The van der Waals surface area contributed by atoms with E-state index in [1.54, 1.807) is 30.5 Å². The van der Waals surface area contributed by atoms with Gasteiger partial charge in [-0.05, 0) is 48.9 Å². The Morgan fingerprint density at radius 1 is 1.24 bits per heavy atom. The maximum atomic E-state index is 9.24. The molecule has 106 valence electrons. The second kappa shape index (κ2) is 5.93. The molecule has 2 aromatic carbocycles. The largest absolute Gasteiger partial charge is 0.508 e. The topological polar surface area (TPSA) is 54.7 Å². The lowest BCUT2D eigenvalue weighted by molar-refractivity contribution is 0.340. The summed E-state index contributed by atoms with van der Waals surface area (Å²) in [5.74, 6) is 1.07. The molecule has 4 nitrogen and oxygen atoms in total. The van der Waals surface area contributed by atoms with Crippen molar-refractivity contribution in [3.63, 3.8) is 0 Å². The van der Waals surface area contributed by atoms with Gasteiger partial charge in [-0.1, -0.05) is 11.3 Å². The highest BCUT2D eigenvalue weighted by Crippen LogP contribution is 2.30. The molecule has 0 aliphatic carbocycles. The number of phenolic OH excluding ortho intramolecular Hbond substituents is 1. The molecule has 0 unspecified atom stereocenters. The van der Waals surface area contributed by atoms with E-state index in [0.29, 0.717) is 11.7 Å². The summed E-state index contributed by atoms with van der Waals surface area (Å²) < 4.78 is 6.55. The lowest BCUT2D eigenvalue weighted by Gasteiger charge is -2.00. The van der Waals surface area contributed by atoms with Gasteiger partial charge in [0.15, 0.2) is 0 Å². The second-order valence-corrected chi connectivity index (χ2v) is 5.42. The van der Waals surface area contributed by atoms with Crippen LogP contribution in [0.4, 0.5) is 5.13 Å². The summed E-state index contributed by atoms with van der Waals surface area (Å²) in [5, 5.41) is 9.94. The third-order valence-electron chi connectivity index (χ3n) is 2.88. The molecular weight excluding hydrogens is 284 g/mol. The van der Waals surface area contributed by atoms with Crippen LogP contribution >= 0.6 is 11.3 Å². The summed E-state index contributed by atoms with van der Waals surface area (Å²) in [4.78, 5) is 8.86. The number of aromatic hydroxyl groups is 1. The first-order valence-electron chi connectivity index (χ1n) is 6.61. The molecular formula is C16H14N2O2S. The summed E-state index contributed by atoms with van der Waals surface area (Å²) in [6, 6.07) is 12.7. The van der Waals surface area contributed by atoms with Gasteiger partial charge in [0.2, 0.25) is 5.13 Å². The fraction of sp³-hybridized carbons (Fsp3) is 0.125. The van der Waals surface area contributed by atoms with Gasteiger partial charge in [0.1, 0.15) is 11.5 Å². The second-order valence-electron chi connectivity index (χ2n) is 4.41. The molecule has 0 saturated carbocycles. The Morgan fingerprint density at radius 3 is 2.81 bits per heavy atom. The van der Waals surface area contributed by atoms with Gasteiger partial charge in [-0.25, -0.2) is 9.98 Å². The molecule has 0 amide bonds. The first-order valence-corrected chi connectivity index (χ1v) is 7.43. The van der Waals surface area contributed by atoms with Crippen LogP contribution in [0.5, 0.6) is 11.5 Å².